The topological polar surface area (TPSA) is 72.8 Å². The summed E-state index contributed by atoms with van der Waals surface area (Å²) < 4.78 is 98.4. The normalized spacial score (nSPS) is 43.7. The van der Waals surface area contributed by atoms with Crippen LogP contribution in [-0.4, -0.2) is 35.4 Å². The van der Waals surface area contributed by atoms with E-state index in [1.165, 1.54) is 0 Å². The number of allylic oxidation sites excluding steroid dienone is 3. The zero-order valence-corrected chi connectivity index (χ0v) is 17.4. The molecule has 1 N–H and O–H groups in total. The summed E-state index contributed by atoms with van der Waals surface area (Å²) >= 11 is 0. The molecule has 1 aliphatic heterocycles. The van der Waals surface area contributed by atoms with Gasteiger partial charge in [-0.25, -0.2) is 0 Å². The fraction of sp³-hybridized carbons (Fsp3) is 0.760. The molecule has 0 saturated carbocycles. The van der Waals surface area contributed by atoms with E-state index in [1.54, 1.807) is 0 Å². The number of aliphatic hydroxyl groups is 1. The average Bonchev–Trinajstić information content (AvgIpc) is 2.75. The first-order valence-electron chi connectivity index (χ1n) is 16.0. The molecule has 0 aromatic rings. The van der Waals surface area contributed by atoms with Crippen LogP contribution in [0.3, 0.4) is 0 Å². The van der Waals surface area contributed by atoms with Crippen LogP contribution < -0.4 is 0 Å². The fourth-order valence-corrected chi connectivity index (χ4v) is 4.91. The number of carbonyl (C=O) groups excluding carboxylic acids is 2. The molecule has 0 aromatic heterocycles. The molecule has 1 heterocycles. The lowest BCUT2D eigenvalue weighted by molar-refractivity contribution is -0.166. The van der Waals surface area contributed by atoms with Gasteiger partial charge in [-0.05, 0) is 62.7 Å². The van der Waals surface area contributed by atoms with Crippen LogP contribution in [0.2, 0.25) is 0 Å². The van der Waals surface area contributed by atoms with Crippen LogP contribution in [0.5, 0.6) is 0 Å². The molecule has 0 radical (unpaired) electrons. The summed E-state index contributed by atoms with van der Waals surface area (Å²) in [6.07, 6.45) is 0.587. The van der Waals surface area contributed by atoms with Gasteiger partial charge in [0.15, 0.2) is 0 Å². The number of ether oxygens (including phenoxy) is 2. The molecule has 2 aliphatic carbocycles. The Hall–Kier alpha value is -1.62. The van der Waals surface area contributed by atoms with Gasteiger partial charge in [-0.3, -0.25) is 9.59 Å². The molecule has 3 rings (SSSR count). The Morgan fingerprint density at radius 2 is 2.17 bits per heavy atom. The number of esters is 2. The number of carbonyl (C=O) groups is 2. The van der Waals surface area contributed by atoms with Crippen molar-refractivity contribution in [3.63, 3.8) is 0 Å². The molecule has 0 aromatic carbocycles. The third-order valence-corrected chi connectivity index (χ3v) is 6.40. The van der Waals surface area contributed by atoms with Crippen molar-refractivity contribution < 1.29 is 39.2 Å². The third kappa shape index (κ3) is 5.16. The van der Waals surface area contributed by atoms with Crippen LogP contribution in [0.4, 0.5) is 0 Å². The Morgan fingerprint density at radius 1 is 1.37 bits per heavy atom. The van der Waals surface area contributed by atoms with Crippen molar-refractivity contribution in [3.8, 4) is 0 Å². The Balaban J connectivity index is 2.01. The van der Waals surface area contributed by atoms with Crippen molar-refractivity contribution in [1.29, 1.82) is 0 Å². The first-order chi connectivity index (χ1) is 18.5. The number of fused-ring (bicyclic) bond motifs is 1. The maximum absolute atomic E-state index is 13.8. The average molecular weight is 430 g/mol. The summed E-state index contributed by atoms with van der Waals surface area (Å²) in [5.41, 5.74) is -3.22. The molecule has 1 fully saturated rings. The van der Waals surface area contributed by atoms with Crippen LogP contribution in [-0.2, 0) is 19.1 Å². The summed E-state index contributed by atoms with van der Waals surface area (Å²) in [6, 6.07) is 0. The van der Waals surface area contributed by atoms with E-state index >= 15 is 0 Å². The molecule has 3 aliphatic rings. The zero-order chi connectivity index (χ0) is 31.3. The number of hydrogen-bond acceptors (Lipinski definition) is 5. The van der Waals surface area contributed by atoms with Crippen LogP contribution in [0, 0.1) is 29.1 Å². The van der Waals surface area contributed by atoms with Crippen LogP contribution in [0.25, 0.3) is 0 Å². The maximum atomic E-state index is 13.8. The van der Waals surface area contributed by atoms with Gasteiger partial charge in [0.05, 0.1) is 17.9 Å². The van der Waals surface area contributed by atoms with E-state index in [2.05, 4.69) is 0 Å². The van der Waals surface area contributed by atoms with Crippen molar-refractivity contribution in [2.75, 3.05) is 0 Å². The van der Waals surface area contributed by atoms with Crippen molar-refractivity contribution in [2.24, 2.45) is 29.1 Å². The lowest BCUT2D eigenvalue weighted by Gasteiger charge is -2.44. The van der Waals surface area contributed by atoms with Gasteiger partial charge >= 0.3 is 11.9 Å². The van der Waals surface area contributed by atoms with E-state index in [-0.39, 0.29) is 37.0 Å². The van der Waals surface area contributed by atoms with Gasteiger partial charge < -0.3 is 14.6 Å². The van der Waals surface area contributed by atoms with E-state index in [0.29, 0.717) is 12.8 Å². The fourth-order valence-electron chi connectivity index (χ4n) is 4.91. The lowest BCUT2D eigenvalue weighted by Crippen LogP contribution is -2.43. The second-order valence-corrected chi connectivity index (χ2v) is 8.89. The molecule has 0 unspecified atom stereocenters. The Labute approximate surface area is 196 Å². The van der Waals surface area contributed by atoms with Gasteiger partial charge in [0, 0.05) is 27.4 Å². The van der Waals surface area contributed by atoms with Crippen molar-refractivity contribution in [3.05, 3.63) is 23.8 Å². The predicted octanol–water partition coefficient (Wildman–Crippen LogP) is 4.59. The van der Waals surface area contributed by atoms with E-state index in [0.717, 1.165) is 5.57 Å². The quantitative estimate of drug-likeness (QED) is 0.625. The molecule has 168 valence electrons. The Bertz CT molecular complexity index is 1050. The highest BCUT2D eigenvalue weighted by atomic mass is 16.6. The molecular weight excluding hydrogens is 380 g/mol. The molecule has 7 atom stereocenters. The highest BCUT2D eigenvalue weighted by molar-refractivity contribution is 5.76. The van der Waals surface area contributed by atoms with Crippen molar-refractivity contribution in [1.82, 2.24) is 0 Å². The number of rotatable bonds is 6. The SMILES string of the molecule is [2H]C([2H])([2H])C([2H])([2H])C(C(=O)O[C@H]1C[C@@H](C)C=C2C=C[C@H](C)[C@H](CC[C@@H]3C[C@@H](O)CC(=O)O3)[C@H]21)(C([2H])([2H])[2H])C([2H])([2H])[2H]. The molecule has 0 bridgehead atoms. The first-order valence-corrected chi connectivity index (χ1v) is 10.5. The summed E-state index contributed by atoms with van der Waals surface area (Å²) in [6.45, 7) is -7.84. The molecule has 0 amide bonds. The largest absolute Gasteiger partial charge is 0.462 e. The first kappa shape index (κ1) is 12.4. The predicted molar refractivity (Wildman–Crippen MR) is 115 cm³/mol. The zero-order valence-electron chi connectivity index (χ0n) is 28.4. The van der Waals surface area contributed by atoms with Gasteiger partial charge in [0.1, 0.15) is 12.2 Å². The maximum Gasteiger partial charge on any atom is 0.311 e. The highest BCUT2D eigenvalue weighted by Gasteiger charge is 2.43. The number of cyclic esters (lactones) is 1. The highest BCUT2D eigenvalue weighted by Crippen LogP contribution is 2.45. The van der Waals surface area contributed by atoms with Crippen molar-refractivity contribution in [2.45, 2.75) is 91.2 Å². The molecule has 30 heavy (non-hydrogen) atoms. The van der Waals surface area contributed by atoms with Gasteiger partial charge in [-0.15, -0.1) is 0 Å². The Kier molecular flexibility index (Phi) is 3.83. The standard InChI is InChI=1S/C25H38O5/c1-6-25(4,5)24(28)30-21-12-15(2)11-17-8-7-16(3)20(23(17)21)10-9-19-13-18(26)14-22(27)29-19/h7-8,11,15-16,18-21,23,26H,6,9-10,12-14H2,1-5H3/t15-,16-,18+,19+,20-,21-,23-/m0/s1/i1D3,4D3,5D3,6D2. The van der Waals surface area contributed by atoms with E-state index in [9.17, 15) is 14.7 Å². The molecule has 5 heteroatoms. The molecule has 0 spiro atoms. The second kappa shape index (κ2) is 9.25. The summed E-state index contributed by atoms with van der Waals surface area (Å²) in [5, 5.41) is 9.99. The van der Waals surface area contributed by atoms with E-state index in [4.69, 9.17) is 24.6 Å². The molecule has 1 saturated heterocycles. The lowest BCUT2D eigenvalue weighted by atomic mass is 9.65. The van der Waals surface area contributed by atoms with Crippen LogP contribution >= 0.6 is 0 Å². The number of hydrogen-bond donors (Lipinski definition) is 1. The summed E-state index contributed by atoms with van der Waals surface area (Å²) in [4.78, 5) is 25.6. The minimum absolute atomic E-state index is 0.0804. The smallest absolute Gasteiger partial charge is 0.311 e. The third-order valence-electron chi connectivity index (χ3n) is 6.40. The van der Waals surface area contributed by atoms with Gasteiger partial charge in [0.25, 0.3) is 0 Å². The minimum atomic E-state index is -4.00. The summed E-state index contributed by atoms with van der Waals surface area (Å²) in [7, 11) is 0. The van der Waals surface area contributed by atoms with Gasteiger partial charge in [-0.1, -0.05) is 38.9 Å². The van der Waals surface area contributed by atoms with E-state index < -0.39 is 68.5 Å². The second-order valence-electron chi connectivity index (χ2n) is 8.89. The van der Waals surface area contributed by atoms with E-state index in [1.807, 2.05) is 32.1 Å². The van der Waals surface area contributed by atoms with Crippen molar-refractivity contribution >= 4 is 11.9 Å². The monoisotopic (exact) mass is 429 g/mol. The minimum Gasteiger partial charge on any atom is -0.462 e. The van der Waals surface area contributed by atoms with Crippen LogP contribution in [0.15, 0.2) is 23.8 Å². The number of aliphatic hydroxyl groups excluding tert-OH is 1. The Morgan fingerprint density at radius 3 is 2.87 bits per heavy atom. The van der Waals surface area contributed by atoms with Gasteiger partial charge in [-0.2, -0.15) is 0 Å². The molecule has 5 nitrogen and oxygen atoms in total. The van der Waals surface area contributed by atoms with Gasteiger partial charge in [0.2, 0.25) is 0 Å². The van der Waals surface area contributed by atoms with Crippen LogP contribution in [0.1, 0.15) is 88.0 Å². The summed E-state index contributed by atoms with van der Waals surface area (Å²) in [5.74, 6) is -3.48. The molecular formula is C25H38O5.